The quantitative estimate of drug-likeness (QED) is 0.717. The standard InChI is InChI=1S/C11H26O3Si/c1-11(2,3)15(5,6)14-10(7-8-12)9-13-4/h10,12H,7-9H2,1-6H3. The SMILES string of the molecule is COCC(CCO)O[Si](C)(C)C(C)(C)C. The molecule has 0 aromatic carbocycles. The molecule has 92 valence electrons. The molecule has 0 fully saturated rings. The first-order valence-corrected chi connectivity index (χ1v) is 8.43. The number of hydrogen-bond donors (Lipinski definition) is 1. The fourth-order valence-electron chi connectivity index (χ4n) is 1.10. The molecule has 1 unspecified atom stereocenters. The molecule has 0 aliphatic rings. The first-order chi connectivity index (χ1) is 6.74. The van der Waals surface area contributed by atoms with Crippen molar-refractivity contribution < 1.29 is 14.3 Å². The molecule has 3 nitrogen and oxygen atoms in total. The minimum atomic E-state index is -1.73. The van der Waals surface area contributed by atoms with Crippen LogP contribution in [-0.4, -0.2) is 39.9 Å². The van der Waals surface area contributed by atoms with Crippen molar-refractivity contribution in [2.24, 2.45) is 0 Å². The van der Waals surface area contributed by atoms with Crippen molar-refractivity contribution in [3.05, 3.63) is 0 Å². The van der Waals surface area contributed by atoms with Gasteiger partial charge in [0.05, 0.1) is 12.7 Å². The molecule has 0 aromatic rings. The van der Waals surface area contributed by atoms with Crippen molar-refractivity contribution >= 4 is 8.32 Å². The summed E-state index contributed by atoms with van der Waals surface area (Å²) in [5.41, 5.74) is 0. The zero-order valence-corrected chi connectivity index (χ0v) is 12.0. The molecule has 4 heteroatoms. The van der Waals surface area contributed by atoms with Crippen molar-refractivity contribution in [2.45, 2.75) is 51.4 Å². The summed E-state index contributed by atoms with van der Waals surface area (Å²) in [5, 5.41) is 9.15. The van der Waals surface area contributed by atoms with Gasteiger partial charge >= 0.3 is 0 Å². The molecule has 0 rings (SSSR count). The van der Waals surface area contributed by atoms with E-state index in [1.54, 1.807) is 7.11 Å². The average molecular weight is 234 g/mol. The summed E-state index contributed by atoms with van der Waals surface area (Å²) < 4.78 is 11.2. The van der Waals surface area contributed by atoms with Crippen LogP contribution in [0.2, 0.25) is 18.1 Å². The summed E-state index contributed by atoms with van der Waals surface area (Å²) in [4.78, 5) is 0. The lowest BCUT2D eigenvalue weighted by Crippen LogP contribution is -2.45. The van der Waals surface area contributed by atoms with Gasteiger partial charge in [0.25, 0.3) is 0 Å². The third-order valence-electron chi connectivity index (χ3n) is 3.07. The Kier molecular flexibility index (Phi) is 6.03. The van der Waals surface area contributed by atoms with Crippen LogP contribution in [0.1, 0.15) is 27.2 Å². The van der Waals surface area contributed by atoms with Gasteiger partial charge in [0, 0.05) is 13.7 Å². The van der Waals surface area contributed by atoms with Crippen LogP contribution in [0, 0.1) is 0 Å². The van der Waals surface area contributed by atoms with Gasteiger partial charge in [-0.15, -0.1) is 0 Å². The fourth-order valence-corrected chi connectivity index (χ4v) is 2.47. The first-order valence-electron chi connectivity index (χ1n) is 5.52. The van der Waals surface area contributed by atoms with Gasteiger partial charge in [-0.1, -0.05) is 20.8 Å². The van der Waals surface area contributed by atoms with E-state index in [-0.39, 0.29) is 17.7 Å². The molecule has 1 atom stereocenters. The van der Waals surface area contributed by atoms with Crippen molar-refractivity contribution in [1.29, 1.82) is 0 Å². The Balaban J connectivity index is 4.37. The monoisotopic (exact) mass is 234 g/mol. The highest BCUT2D eigenvalue weighted by molar-refractivity contribution is 6.74. The molecule has 0 aromatic heterocycles. The van der Waals surface area contributed by atoms with Gasteiger partial charge in [-0.2, -0.15) is 0 Å². The highest BCUT2D eigenvalue weighted by atomic mass is 28.4. The largest absolute Gasteiger partial charge is 0.412 e. The molecular formula is C11H26O3Si. The van der Waals surface area contributed by atoms with Crippen molar-refractivity contribution in [2.75, 3.05) is 20.3 Å². The minimum absolute atomic E-state index is 0.0286. The average Bonchev–Trinajstić information content (AvgIpc) is 2.02. The molecule has 0 saturated heterocycles. The normalized spacial score (nSPS) is 15.4. The third-order valence-corrected chi connectivity index (χ3v) is 7.61. The van der Waals surface area contributed by atoms with E-state index in [0.717, 1.165) is 0 Å². The molecule has 0 aliphatic carbocycles. The topological polar surface area (TPSA) is 38.7 Å². The Morgan fingerprint density at radius 3 is 2.13 bits per heavy atom. The smallest absolute Gasteiger partial charge is 0.192 e. The zero-order chi connectivity index (χ0) is 12.1. The third kappa shape index (κ3) is 5.11. The molecule has 0 saturated carbocycles. The van der Waals surface area contributed by atoms with Crippen LogP contribution in [0.15, 0.2) is 0 Å². The van der Waals surface area contributed by atoms with Crippen LogP contribution >= 0.6 is 0 Å². The second kappa shape index (κ2) is 5.99. The molecule has 0 heterocycles. The van der Waals surface area contributed by atoms with E-state index >= 15 is 0 Å². The van der Waals surface area contributed by atoms with Crippen LogP contribution in [0.25, 0.3) is 0 Å². The summed E-state index contributed by atoms with van der Waals surface area (Å²) in [6.07, 6.45) is 0.682. The van der Waals surface area contributed by atoms with Gasteiger partial charge in [-0.3, -0.25) is 0 Å². The van der Waals surface area contributed by atoms with E-state index in [9.17, 15) is 0 Å². The van der Waals surface area contributed by atoms with Crippen LogP contribution in [0.5, 0.6) is 0 Å². The van der Waals surface area contributed by atoms with Gasteiger partial charge in [0.15, 0.2) is 8.32 Å². The van der Waals surface area contributed by atoms with E-state index in [1.165, 1.54) is 0 Å². The van der Waals surface area contributed by atoms with Crippen LogP contribution in [0.4, 0.5) is 0 Å². The fraction of sp³-hybridized carbons (Fsp3) is 1.00. The van der Waals surface area contributed by atoms with Crippen LogP contribution < -0.4 is 0 Å². The lowest BCUT2D eigenvalue weighted by Gasteiger charge is -2.39. The molecule has 15 heavy (non-hydrogen) atoms. The number of methoxy groups -OCH3 is 1. The Labute approximate surface area is 94.9 Å². The van der Waals surface area contributed by atoms with Gasteiger partial charge in [-0.05, 0) is 24.6 Å². The first kappa shape index (κ1) is 15.1. The van der Waals surface area contributed by atoms with Crippen LogP contribution in [-0.2, 0) is 9.16 Å². The molecule has 0 amide bonds. The number of hydrogen-bond acceptors (Lipinski definition) is 3. The zero-order valence-electron chi connectivity index (χ0n) is 11.0. The highest BCUT2D eigenvalue weighted by Crippen LogP contribution is 2.37. The summed E-state index contributed by atoms with van der Waals surface area (Å²) in [7, 11) is -0.0675. The van der Waals surface area contributed by atoms with E-state index in [4.69, 9.17) is 14.3 Å². The van der Waals surface area contributed by atoms with Gasteiger partial charge in [0.1, 0.15) is 0 Å². The number of aliphatic hydroxyl groups is 1. The molecule has 0 bridgehead atoms. The number of rotatable bonds is 6. The molecule has 0 aliphatic heterocycles. The van der Waals surface area contributed by atoms with Crippen molar-refractivity contribution in [1.82, 2.24) is 0 Å². The van der Waals surface area contributed by atoms with E-state index < -0.39 is 8.32 Å². The van der Waals surface area contributed by atoms with E-state index in [2.05, 4.69) is 33.9 Å². The Morgan fingerprint density at radius 1 is 1.27 bits per heavy atom. The predicted molar refractivity (Wildman–Crippen MR) is 65.6 cm³/mol. The summed E-state index contributed by atoms with van der Waals surface area (Å²) in [6.45, 7) is 11.8. The summed E-state index contributed by atoms with van der Waals surface area (Å²) in [5.74, 6) is 0. The van der Waals surface area contributed by atoms with E-state index in [1.807, 2.05) is 0 Å². The van der Waals surface area contributed by atoms with Gasteiger partial charge in [-0.25, -0.2) is 0 Å². The number of aliphatic hydroxyl groups excluding tert-OH is 1. The summed E-state index contributed by atoms with van der Waals surface area (Å²) in [6, 6.07) is 0. The maximum atomic E-state index is 8.94. The predicted octanol–water partition coefficient (Wildman–Crippen LogP) is 2.41. The van der Waals surface area contributed by atoms with Gasteiger partial charge in [0.2, 0.25) is 0 Å². The molecule has 1 N–H and O–H groups in total. The minimum Gasteiger partial charge on any atom is -0.412 e. The molecule has 0 radical (unpaired) electrons. The lowest BCUT2D eigenvalue weighted by molar-refractivity contribution is 0.0546. The molecule has 0 spiro atoms. The second-order valence-corrected chi connectivity index (χ2v) is 10.2. The number of ether oxygens (including phenoxy) is 1. The maximum absolute atomic E-state index is 8.94. The lowest BCUT2D eigenvalue weighted by atomic mass is 10.2. The molecular weight excluding hydrogens is 208 g/mol. The Hall–Kier alpha value is 0.0969. The maximum Gasteiger partial charge on any atom is 0.192 e. The second-order valence-electron chi connectivity index (χ2n) is 5.47. The van der Waals surface area contributed by atoms with E-state index in [0.29, 0.717) is 13.0 Å². The Morgan fingerprint density at radius 2 is 1.80 bits per heavy atom. The van der Waals surface area contributed by atoms with Crippen LogP contribution in [0.3, 0.4) is 0 Å². The van der Waals surface area contributed by atoms with Gasteiger partial charge < -0.3 is 14.3 Å². The van der Waals surface area contributed by atoms with Crippen molar-refractivity contribution in [3.63, 3.8) is 0 Å². The Bertz CT molecular complexity index is 169. The summed E-state index contributed by atoms with van der Waals surface area (Å²) >= 11 is 0. The van der Waals surface area contributed by atoms with Crippen molar-refractivity contribution in [3.8, 4) is 0 Å². The highest BCUT2D eigenvalue weighted by Gasteiger charge is 2.38.